The summed E-state index contributed by atoms with van der Waals surface area (Å²) in [4.78, 5) is 30.3. The number of hydrogen-bond acceptors (Lipinski definition) is 10. The lowest BCUT2D eigenvalue weighted by Crippen LogP contribution is -2.39. The molecular weight excluding hydrogens is 753 g/mol. The molecule has 10 heteroatoms. The molecule has 358 valence electrons. The maximum absolute atomic E-state index is 12.9. The lowest BCUT2D eigenvalue weighted by Gasteiger charge is -2.27. The molecule has 60 heavy (non-hydrogen) atoms. The summed E-state index contributed by atoms with van der Waals surface area (Å²) in [6.45, 7) is 22.8. The lowest BCUT2D eigenvalue weighted by molar-refractivity contribution is -0.151. The molecule has 0 radical (unpaired) electrons. The number of aliphatic hydroxyl groups excluding tert-OH is 2. The number of rotatable bonds is 43. The molecule has 0 aromatic rings. The maximum atomic E-state index is 12.9. The molecule has 6 unspecified atom stereocenters. The molecule has 0 saturated carbocycles. The highest BCUT2D eigenvalue weighted by atomic mass is 16.5. The fraction of sp³-hybridized carbons (Fsp3) is 0.960. The number of esters is 2. The molecule has 0 amide bonds. The van der Waals surface area contributed by atoms with Crippen LogP contribution < -0.4 is 11.5 Å². The second-order valence-corrected chi connectivity index (χ2v) is 19.2. The van der Waals surface area contributed by atoms with Crippen LogP contribution in [0.2, 0.25) is 0 Å². The molecule has 0 aliphatic carbocycles. The van der Waals surface area contributed by atoms with Gasteiger partial charge >= 0.3 is 11.9 Å². The Hall–Kier alpha value is -1.30. The second-order valence-electron chi connectivity index (χ2n) is 19.2. The normalized spacial score (nSPS) is 15.1. The van der Waals surface area contributed by atoms with E-state index >= 15 is 0 Å². The van der Waals surface area contributed by atoms with Gasteiger partial charge in [0, 0.05) is 39.0 Å². The van der Waals surface area contributed by atoms with Crippen molar-refractivity contribution in [3.05, 3.63) is 0 Å². The van der Waals surface area contributed by atoms with Crippen molar-refractivity contribution < 1.29 is 29.3 Å². The zero-order chi connectivity index (χ0) is 45.0. The molecular formula is C50H102N4O6. The fourth-order valence-electron chi connectivity index (χ4n) is 8.49. The number of carbonyl (C=O) groups excluding carboxylic acids is 2. The number of ether oxygens (including phenoxy) is 2. The van der Waals surface area contributed by atoms with Crippen LogP contribution in [0.3, 0.4) is 0 Å². The first-order chi connectivity index (χ1) is 28.8. The van der Waals surface area contributed by atoms with Crippen LogP contribution in [0.25, 0.3) is 0 Å². The van der Waals surface area contributed by atoms with E-state index in [2.05, 4.69) is 65.2 Å². The molecule has 0 aliphatic heterocycles. The Morgan fingerprint density at radius 2 is 0.850 bits per heavy atom. The predicted molar refractivity (Wildman–Crippen MR) is 253 cm³/mol. The maximum Gasteiger partial charge on any atom is 0.306 e. The van der Waals surface area contributed by atoms with E-state index in [1.807, 2.05) is 0 Å². The number of hydrogen-bond donors (Lipinski definition) is 4. The number of nitrogens with zero attached hydrogens (tertiary/aromatic N) is 2. The van der Waals surface area contributed by atoms with Gasteiger partial charge in [-0.25, -0.2) is 0 Å². The molecule has 0 aromatic carbocycles. The monoisotopic (exact) mass is 855 g/mol. The minimum Gasteiger partial charge on any atom is -0.462 e. The summed E-state index contributed by atoms with van der Waals surface area (Å²) in [6, 6.07) is 0. The largest absolute Gasteiger partial charge is 0.462 e. The highest BCUT2D eigenvalue weighted by molar-refractivity contribution is 5.69. The topological polar surface area (TPSA) is 152 Å². The number of nitrogens with two attached hydrogens (primary N) is 2. The van der Waals surface area contributed by atoms with E-state index in [4.69, 9.17) is 20.9 Å². The minimum atomic E-state index is -0.564. The average molecular weight is 855 g/mol. The Morgan fingerprint density at radius 1 is 0.500 bits per heavy atom. The summed E-state index contributed by atoms with van der Waals surface area (Å²) < 4.78 is 12.0. The summed E-state index contributed by atoms with van der Waals surface area (Å²) in [5.41, 5.74) is 11.6. The number of carbonyl (C=O) groups is 2. The molecule has 0 aromatic heterocycles. The standard InChI is InChI=1S/C50H102N4O6/c1-9-13-23-43(11-3)27-29-47(35-41(5)6)59-49(57)25-17-15-19-31-53(39-45(55)37-51)33-21-22-34-54(40-46(56)38-52)32-20-16-18-26-50(58)60-48(36-42(7)8)30-28-44(12-4)24-14-10-2/h41-48,55-56H,9-40,51-52H2,1-8H3. The Bertz CT molecular complexity index is 910. The lowest BCUT2D eigenvalue weighted by atomic mass is 9.91. The van der Waals surface area contributed by atoms with Crippen molar-refractivity contribution in [3.63, 3.8) is 0 Å². The number of unbranched alkanes of at least 4 members (excludes halogenated alkanes) is 7. The van der Waals surface area contributed by atoms with Crippen molar-refractivity contribution in [2.75, 3.05) is 52.4 Å². The SMILES string of the molecule is CCCCC(CC)CCC(CC(C)C)OC(=O)CCCCCN(CCCCN(CCCCCC(=O)OC(CCC(CC)CCCC)CC(C)C)CC(O)CN)CC(O)CN. The highest BCUT2D eigenvalue weighted by Crippen LogP contribution is 2.25. The Morgan fingerprint density at radius 3 is 1.15 bits per heavy atom. The Kier molecular flexibility index (Phi) is 38.5. The van der Waals surface area contributed by atoms with Crippen molar-refractivity contribution in [3.8, 4) is 0 Å². The van der Waals surface area contributed by atoms with E-state index < -0.39 is 12.2 Å². The zero-order valence-electron chi connectivity index (χ0n) is 40.8. The van der Waals surface area contributed by atoms with E-state index in [-0.39, 0.29) is 37.2 Å². The van der Waals surface area contributed by atoms with Crippen LogP contribution in [0.5, 0.6) is 0 Å². The summed E-state index contributed by atoms with van der Waals surface area (Å²) >= 11 is 0. The van der Waals surface area contributed by atoms with Gasteiger partial charge < -0.3 is 41.0 Å². The van der Waals surface area contributed by atoms with Gasteiger partial charge in [-0.05, 0) is 127 Å². The molecule has 0 aliphatic rings. The Labute approximate surface area is 371 Å². The van der Waals surface area contributed by atoms with Crippen LogP contribution >= 0.6 is 0 Å². The van der Waals surface area contributed by atoms with Gasteiger partial charge in [-0.15, -0.1) is 0 Å². The van der Waals surface area contributed by atoms with E-state index in [1.165, 1.54) is 51.4 Å². The molecule has 6 atom stereocenters. The van der Waals surface area contributed by atoms with Crippen LogP contribution in [0.15, 0.2) is 0 Å². The summed E-state index contributed by atoms with van der Waals surface area (Å²) in [7, 11) is 0. The van der Waals surface area contributed by atoms with Crippen molar-refractivity contribution in [1.82, 2.24) is 9.80 Å². The van der Waals surface area contributed by atoms with Crippen LogP contribution in [-0.2, 0) is 19.1 Å². The zero-order valence-corrected chi connectivity index (χ0v) is 40.8. The van der Waals surface area contributed by atoms with Crippen molar-refractivity contribution in [2.24, 2.45) is 35.1 Å². The van der Waals surface area contributed by atoms with Gasteiger partial charge in [0.2, 0.25) is 0 Å². The molecule has 0 spiro atoms. The van der Waals surface area contributed by atoms with Gasteiger partial charge in [-0.1, -0.05) is 120 Å². The molecule has 0 fully saturated rings. The van der Waals surface area contributed by atoms with Crippen LogP contribution in [0, 0.1) is 23.7 Å². The first-order valence-corrected chi connectivity index (χ1v) is 25.4. The molecule has 6 N–H and O–H groups in total. The summed E-state index contributed by atoms with van der Waals surface area (Å²) in [6.07, 6.45) is 23.1. The quantitative estimate of drug-likeness (QED) is 0.0345. The fourth-order valence-corrected chi connectivity index (χ4v) is 8.49. The van der Waals surface area contributed by atoms with E-state index in [9.17, 15) is 19.8 Å². The van der Waals surface area contributed by atoms with Gasteiger partial charge in [-0.2, -0.15) is 0 Å². The molecule has 0 saturated heterocycles. The average Bonchev–Trinajstić information content (AvgIpc) is 3.21. The van der Waals surface area contributed by atoms with Crippen molar-refractivity contribution in [1.29, 1.82) is 0 Å². The summed E-state index contributed by atoms with van der Waals surface area (Å²) in [5.74, 6) is 2.31. The Balaban J connectivity index is 4.79. The van der Waals surface area contributed by atoms with Gasteiger partial charge in [0.05, 0.1) is 12.2 Å². The van der Waals surface area contributed by atoms with Crippen molar-refractivity contribution in [2.45, 2.75) is 234 Å². The predicted octanol–water partition coefficient (Wildman–Crippen LogP) is 10.0. The smallest absolute Gasteiger partial charge is 0.306 e. The third-order valence-corrected chi connectivity index (χ3v) is 12.3. The minimum absolute atomic E-state index is 0.0165. The second kappa shape index (κ2) is 39.3. The molecule has 0 bridgehead atoms. The van der Waals surface area contributed by atoms with E-state index in [1.54, 1.807) is 0 Å². The van der Waals surface area contributed by atoms with E-state index in [0.29, 0.717) is 37.8 Å². The first-order valence-electron chi connectivity index (χ1n) is 25.4. The van der Waals surface area contributed by atoms with Crippen molar-refractivity contribution >= 4 is 11.9 Å². The van der Waals surface area contributed by atoms with Gasteiger partial charge in [-0.3, -0.25) is 9.59 Å². The molecule has 0 heterocycles. The van der Waals surface area contributed by atoms with Crippen LogP contribution in [0.1, 0.15) is 209 Å². The first kappa shape index (κ1) is 58.7. The number of aliphatic hydroxyl groups is 2. The molecule has 10 nitrogen and oxygen atoms in total. The third-order valence-electron chi connectivity index (χ3n) is 12.3. The van der Waals surface area contributed by atoms with Gasteiger partial charge in [0.25, 0.3) is 0 Å². The highest BCUT2D eigenvalue weighted by Gasteiger charge is 2.20. The van der Waals surface area contributed by atoms with Crippen LogP contribution in [0.4, 0.5) is 0 Å². The molecule has 0 rings (SSSR count). The van der Waals surface area contributed by atoms with E-state index in [0.717, 1.165) is 128 Å². The van der Waals surface area contributed by atoms with Gasteiger partial charge in [0.15, 0.2) is 0 Å². The third kappa shape index (κ3) is 34.2. The van der Waals surface area contributed by atoms with Crippen LogP contribution in [-0.4, -0.2) is 109 Å². The summed E-state index contributed by atoms with van der Waals surface area (Å²) in [5, 5.41) is 20.8. The van der Waals surface area contributed by atoms with Gasteiger partial charge in [0.1, 0.15) is 12.2 Å².